The van der Waals surface area contributed by atoms with Crippen molar-refractivity contribution >= 4 is 16.6 Å². The van der Waals surface area contributed by atoms with Crippen LogP contribution in [0.3, 0.4) is 0 Å². The minimum Gasteiger partial charge on any atom is -0.497 e. The van der Waals surface area contributed by atoms with Crippen molar-refractivity contribution < 1.29 is 17.9 Å². The van der Waals surface area contributed by atoms with Gasteiger partial charge in [0.2, 0.25) is 0 Å². The van der Waals surface area contributed by atoms with Crippen LogP contribution in [0, 0.1) is 0 Å². The number of aromatic nitrogens is 1. The maximum atomic E-state index is 13.0. The van der Waals surface area contributed by atoms with Gasteiger partial charge in [0.15, 0.2) is 0 Å². The molecular weight excluding hydrogens is 317 g/mol. The van der Waals surface area contributed by atoms with Crippen molar-refractivity contribution in [3.8, 4) is 17.0 Å². The van der Waals surface area contributed by atoms with Gasteiger partial charge in [-0.15, -0.1) is 0 Å². The first kappa shape index (κ1) is 16.2. The normalized spacial score (nSPS) is 11.9. The van der Waals surface area contributed by atoms with E-state index in [1.807, 2.05) is 25.1 Å². The molecule has 0 saturated carbocycles. The Balaban J connectivity index is 2.30. The van der Waals surface area contributed by atoms with Gasteiger partial charge >= 0.3 is 6.18 Å². The van der Waals surface area contributed by atoms with Gasteiger partial charge in [0, 0.05) is 17.5 Å². The van der Waals surface area contributed by atoms with Crippen molar-refractivity contribution in [1.29, 1.82) is 0 Å². The number of methoxy groups -OCH3 is 1. The fourth-order valence-electron chi connectivity index (χ4n) is 2.96. The summed E-state index contributed by atoms with van der Waals surface area (Å²) in [7, 11) is 1.56. The first-order valence-electron chi connectivity index (χ1n) is 7.50. The van der Waals surface area contributed by atoms with E-state index in [-0.39, 0.29) is 0 Å². The third-order valence-corrected chi connectivity index (χ3v) is 4.09. The Morgan fingerprint density at radius 1 is 1.12 bits per heavy atom. The fraction of sp³-hybridized carbons (Fsp3) is 0.222. The number of ether oxygens (including phenoxy) is 1. The van der Waals surface area contributed by atoms with Crippen molar-refractivity contribution in [3.63, 3.8) is 0 Å². The van der Waals surface area contributed by atoms with Crippen LogP contribution >= 0.6 is 0 Å². The van der Waals surface area contributed by atoms with Gasteiger partial charge in [-0.1, -0.05) is 18.2 Å². The Morgan fingerprint density at radius 3 is 2.50 bits per heavy atom. The second kappa shape index (κ2) is 5.78. The SMILES string of the molecule is CCn1c(-c2cccc(OC)c2)c(N)c2ccc(C(F)(F)F)cc21. The average Bonchev–Trinajstić information content (AvgIpc) is 2.85. The Labute approximate surface area is 137 Å². The van der Waals surface area contributed by atoms with Crippen molar-refractivity contribution in [2.24, 2.45) is 0 Å². The highest BCUT2D eigenvalue weighted by Crippen LogP contribution is 2.39. The Bertz CT molecular complexity index is 897. The standard InChI is InChI=1S/C18H17F3N2O/c1-3-23-15-10-12(18(19,20)21)7-8-14(15)16(22)17(23)11-5-4-6-13(9-11)24-2/h4-10H,3,22H2,1-2H3. The molecule has 0 fully saturated rings. The van der Waals surface area contributed by atoms with E-state index in [0.29, 0.717) is 34.6 Å². The number of hydrogen-bond donors (Lipinski definition) is 1. The van der Waals surface area contributed by atoms with Crippen LogP contribution in [0.4, 0.5) is 18.9 Å². The first-order valence-corrected chi connectivity index (χ1v) is 7.50. The molecule has 0 aliphatic carbocycles. The number of alkyl halides is 3. The second-order valence-corrected chi connectivity index (χ2v) is 5.47. The van der Waals surface area contributed by atoms with Crippen LogP contribution in [0.1, 0.15) is 12.5 Å². The minimum absolute atomic E-state index is 0.467. The summed E-state index contributed by atoms with van der Waals surface area (Å²) < 4.78 is 46.1. The van der Waals surface area contributed by atoms with Crippen LogP contribution in [-0.2, 0) is 12.7 Å². The number of halogens is 3. The number of nitrogens with two attached hydrogens (primary N) is 1. The van der Waals surface area contributed by atoms with E-state index in [4.69, 9.17) is 10.5 Å². The average molecular weight is 334 g/mol. The van der Waals surface area contributed by atoms with Crippen LogP contribution in [0.5, 0.6) is 5.75 Å². The molecule has 2 aromatic carbocycles. The molecule has 1 heterocycles. The molecule has 2 N–H and O–H groups in total. The molecule has 3 aromatic rings. The van der Waals surface area contributed by atoms with Crippen molar-refractivity contribution in [2.75, 3.05) is 12.8 Å². The second-order valence-electron chi connectivity index (χ2n) is 5.47. The summed E-state index contributed by atoms with van der Waals surface area (Å²) in [6, 6.07) is 11.0. The lowest BCUT2D eigenvalue weighted by Crippen LogP contribution is -2.05. The fourth-order valence-corrected chi connectivity index (χ4v) is 2.96. The highest BCUT2D eigenvalue weighted by Gasteiger charge is 2.31. The smallest absolute Gasteiger partial charge is 0.416 e. The summed E-state index contributed by atoms with van der Waals surface area (Å²) >= 11 is 0. The van der Waals surface area contributed by atoms with E-state index in [1.54, 1.807) is 17.7 Å². The van der Waals surface area contributed by atoms with Gasteiger partial charge in [-0.2, -0.15) is 13.2 Å². The minimum atomic E-state index is -4.39. The summed E-state index contributed by atoms with van der Waals surface area (Å²) in [6.45, 7) is 2.38. The lowest BCUT2D eigenvalue weighted by molar-refractivity contribution is -0.137. The topological polar surface area (TPSA) is 40.2 Å². The van der Waals surface area contributed by atoms with Crippen LogP contribution in [0.25, 0.3) is 22.2 Å². The lowest BCUT2D eigenvalue weighted by Gasteiger charge is -2.11. The van der Waals surface area contributed by atoms with Crippen LogP contribution in [0.2, 0.25) is 0 Å². The third-order valence-electron chi connectivity index (χ3n) is 4.09. The number of fused-ring (bicyclic) bond motifs is 1. The van der Waals surface area contributed by atoms with E-state index in [1.165, 1.54) is 6.07 Å². The summed E-state index contributed by atoms with van der Waals surface area (Å²) in [5.74, 6) is 0.663. The van der Waals surface area contributed by atoms with Gasteiger partial charge in [-0.3, -0.25) is 0 Å². The van der Waals surface area contributed by atoms with Gasteiger partial charge in [0.1, 0.15) is 5.75 Å². The zero-order valence-corrected chi connectivity index (χ0v) is 13.3. The van der Waals surface area contributed by atoms with E-state index in [9.17, 15) is 13.2 Å². The van der Waals surface area contributed by atoms with Gasteiger partial charge < -0.3 is 15.0 Å². The number of aryl methyl sites for hydroxylation is 1. The molecular formula is C18H17F3N2O. The maximum Gasteiger partial charge on any atom is 0.416 e. The number of nitrogen functional groups attached to an aromatic ring is 1. The molecule has 3 rings (SSSR count). The predicted octanol–water partition coefficient (Wildman–Crippen LogP) is 4.94. The summed E-state index contributed by atoms with van der Waals surface area (Å²) in [5, 5.41) is 0.614. The molecule has 126 valence electrons. The molecule has 0 amide bonds. The highest BCUT2D eigenvalue weighted by molar-refractivity contribution is 6.01. The summed E-state index contributed by atoms with van der Waals surface area (Å²) in [4.78, 5) is 0. The molecule has 0 unspecified atom stereocenters. The van der Waals surface area contributed by atoms with Crippen molar-refractivity contribution in [1.82, 2.24) is 4.57 Å². The van der Waals surface area contributed by atoms with Crippen LogP contribution in [0.15, 0.2) is 42.5 Å². The molecule has 0 bridgehead atoms. The quantitative estimate of drug-likeness (QED) is 0.737. The molecule has 3 nitrogen and oxygen atoms in total. The summed E-state index contributed by atoms with van der Waals surface area (Å²) in [6.07, 6.45) is -4.39. The molecule has 0 atom stereocenters. The number of nitrogens with zero attached hydrogens (tertiary/aromatic N) is 1. The number of anilines is 1. The molecule has 0 saturated heterocycles. The maximum absolute atomic E-state index is 13.0. The monoisotopic (exact) mass is 334 g/mol. The van der Waals surface area contributed by atoms with Crippen LogP contribution in [-0.4, -0.2) is 11.7 Å². The predicted molar refractivity (Wildman–Crippen MR) is 89.0 cm³/mol. The highest BCUT2D eigenvalue weighted by atomic mass is 19.4. The van der Waals surface area contributed by atoms with E-state index in [2.05, 4.69) is 0 Å². The third kappa shape index (κ3) is 2.58. The number of hydrogen-bond acceptors (Lipinski definition) is 2. The molecule has 0 spiro atoms. The van der Waals surface area contributed by atoms with E-state index < -0.39 is 11.7 Å². The van der Waals surface area contributed by atoms with Gasteiger partial charge in [-0.25, -0.2) is 0 Å². The molecule has 0 aliphatic rings. The van der Waals surface area contributed by atoms with Gasteiger partial charge in [0.05, 0.1) is 29.6 Å². The van der Waals surface area contributed by atoms with Crippen LogP contribution < -0.4 is 10.5 Å². The van der Waals surface area contributed by atoms with E-state index in [0.717, 1.165) is 17.7 Å². The Morgan fingerprint density at radius 2 is 1.88 bits per heavy atom. The molecule has 0 aliphatic heterocycles. The molecule has 0 radical (unpaired) electrons. The first-order chi connectivity index (χ1) is 11.4. The zero-order chi connectivity index (χ0) is 17.5. The summed E-state index contributed by atoms with van der Waals surface area (Å²) in [5.41, 5.74) is 8.02. The number of rotatable bonds is 3. The van der Waals surface area contributed by atoms with Gasteiger partial charge in [-0.05, 0) is 31.2 Å². The van der Waals surface area contributed by atoms with E-state index >= 15 is 0 Å². The largest absolute Gasteiger partial charge is 0.497 e. The van der Waals surface area contributed by atoms with Crippen molar-refractivity contribution in [3.05, 3.63) is 48.0 Å². The lowest BCUT2D eigenvalue weighted by atomic mass is 10.1. The molecule has 24 heavy (non-hydrogen) atoms. The van der Waals surface area contributed by atoms with Crippen molar-refractivity contribution in [2.45, 2.75) is 19.6 Å². The Hall–Kier alpha value is -2.63. The molecule has 6 heteroatoms. The zero-order valence-electron chi connectivity index (χ0n) is 13.3. The number of benzene rings is 2. The van der Waals surface area contributed by atoms with Gasteiger partial charge in [0.25, 0.3) is 0 Å². The Kier molecular flexibility index (Phi) is 3.91. The molecule has 1 aromatic heterocycles.